The van der Waals surface area contributed by atoms with Crippen LogP contribution in [0.5, 0.6) is 5.75 Å². The average molecular weight is 233 g/mol. The predicted molar refractivity (Wildman–Crippen MR) is 74.4 cm³/mol. The average Bonchev–Trinajstić information content (AvgIpc) is 2.32. The minimum atomic E-state index is 0.237. The Balaban J connectivity index is 2.55. The molecule has 0 spiro atoms. The molecule has 1 aromatic rings. The first kappa shape index (κ1) is 13.8. The van der Waals surface area contributed by atoms with E-state index in [4.69, 9.17) is 4.74 Å². The topological polar surface area (TPSA) is 21.3 Å². The maximum absolute atomic E-state index is 5.95. The van der Waals surface area contributed by atoms with Crippen molar-refractivity contribution in [2.45, 2.75) is 33.3 Å². The first-order valence-corrected chi connectivity index (χ1v) is 6.37. The van der Waals surface area contributed by atoms with Gasteiger partial charge in [0.1, 0.15) is 5.75 Å². The van der Waals surface area contributed by atoms with Gasteiger partial charge in [0.05, 0.1) is 6.10 Å². The van der Waals surface area contributed by atoms with Crippen LogP contribution in [0.15, 0.2) is 30.3 Å². The van der Waals surface area contributed by atoms with Gasteiger partial charge in [0.2, 0.25) is 0 Å². The molecule has 2 nitrogen and oxygen atoms in total. The molecule has 0 saturated heterocycles. The van der Waals surface area contributed by atoms with Crippen molar-refractivity contribution in [2.24, 2.45) is 0 Å². The molecule has 1 unspecified atom stereocenters. The van der Waals surface area contributed by atoms with Crippen LogP contribution in [0.25, 0.3) is 6.08 Å². The lowest BCUT2D eigenvalue weighted by atomic mass is 10.2. The first-order chi connectivity index (χ1) is 8.27. The summed E-state index contributed by atoms with van der Waals surface area (Å²) in [4.78, 5) is 0. The van der Waals surface area contributed by atoms with E-state index in [0.29, 0.717) is 0 Å². The lowest BCUT2D eigenvalue weighted by Crippen LogP contribution is -2.22. The van der Waals surface area contributed by atoms with Crippen molar-refractivity contribution in [3.05, 3.63) is 35.9 Å². The number of allylic oxidation sites excluding steroid dienone is 1. The van der Waals surface area contributed by atoms with E-state index in [9.17, 15) is 0 Å². The molecular formula is C15H23NO. The Morgan fingerprint density at radius 1 is 1.35 bits per heavy atom. The van der Waals surface area contributed by atoms with Gasteiger partial charge in [0, 0.05) is 5.56 Å². The summed E-state index contributed by atoms with van der Waals surface area (Å²) >= 11 is 0. The fourth-order valence-electron chi connectivity index (χ4n) is 1.66. The maximum Gasteiger partial charge on any atom is 0.126 e. The zero-order chi connectivity index (χ0) is 12.5. The minimum absolute atomic E-state index is 0.237. The zero-order valence-electron chi connectivity index (χ0n) is 11.1. The van der Waals surface area contributed by atoms with Crippen LogP contribution in [0.2, 0.25) is 0 Å². The van der Waals surface area contributed by atoms with Crippen LogP contribution >= 0.6 is 0 Å². The monoisotopic (exact) mass is 233 g/mol. The second kappa shape index (κ2) is 7.91. The highest BCUT2D eigenvalue weighted by Crippen LogP contribution is 2.21. The molecule has 0 aliphatic carbocycles. The normalized spacial score (nSPS) is 12.9. The van der Waals surface area contributed by atoms with Crippen LogP contribution in [0.1, 0.15) is 32.8 Å². The van der Waals surface area contributed by atoms with Crippen molar-refractivity contribution in [3.8, 4) is 5.75 Å². The molecule has 0 bridgehead atoms. The number of rotatable bonds is 7. The molecule has 0 heterocycles. The third-order valence-electron chi connectivity index (χ3n) is 2.57. The van der Waals surface area contributed by atoms with Gasteiger partial charge in [-0.15, -0.1) is 0 Å². The molecule has 1 aromatic carbocycles. The van der Waals surface area contributed by atoms with Crippen LogP contribution in [0.3, 0.4) is 0 Å². The number of ether oxygens (including phenoxy) is 1. The van der Waals surface area contributed by atoms with Crippen LogP contribution in [-0.2, 0) is 0 Å². The fourth-order valence-corrected chi connectivity index (χ4v) is 1.66. The molecule has 0 amide bonds. The molecule has 94 valence electrons. The van der Waals surface area contributed by atoms with E-state index in [1.54, 1.807) is 0 Å². The SMILES string of the molecule is CC=Cc1ccccc1OC(C)CCNCC. The Morgan fingerprint density at radius 2 is 2.12 bits per heavy atom. The van der Waals surface area contributed by atoms with Crippen molar-refractivity contribution >= 4 is 6.08 Å². The second-order valence-corrected chi connectivity index (χ2v) is 4.11. The number of benzene rings is 1. The van der Waals surface area contributed by atoms with E-state index < -0.39 is 0 Å². The molecule has 0 aliphatic heterocycles. The highest BCUT2D eigenvalue weighted by molar-refractivity contribution is 5.56. The molecule has 1 N–H and O–H groups in total. The van der Waals surface area contributed by atoms with Gasteiger partial charge in [-0.3, -0.25) is 0 Å². The molecule has 0 saturated carbocycles. The standard InChI is InChI=1S/C15H23NO/c1-4-8-14-9-6-7-10-15(14)17-13(3)11-12-16-5-2/h4,6-10,13,16H,5,11-12H2,1-3H3. The van der Waals surface area contributed by atoms with Gasteiger partial charge in [-0.25, -0.2) is 0 Å². The largest absolute Gasteiger partial charge is 0.490 e. The second-order valence-electron chi connectivity index (χ2n) is 4.11. The zero-order valence-corrected chi connectivity index (χ0v) is 11.1. The summed E-state index contributed by atoms with van der Waals surface area (Å²) < 4.78 is 5.95. The summed E-state index contributed by atoms with van der Waals surface area (Å²) in [6.45, 7) is 8.27. The van der Waals surface area contributed by atoms with Crippen LogP contribution < -0.4 is 10.1 Å². The van der Waals surface area contributed by atoms with Crippen molar-refractivity contribution in [2.75, 3.05) is 13.1 Å². The lowest BCUT2D eigenvalue weighted by Gasteiger charge is -2.16. The number of hydrogen-bond acceptors (Lipinski definition) is 2. The molecule has 2 heteroatoms. The van der Waals surface area contributed by atoms with Gasteiger partial charge < -0.3 is 10.1 Å². The number of para-hydroxylation sites is 1. The third kappa shape index (κ3) is 5.05. The van der Waals surface area contributed by atoms with E-state index in [1.165, 1.54) is 0 Å². The minimum Gasteiger partial charge on any atom is -0.490 e. The van der Waals surface area contributed by atoms with Gasteiger partial charge in [0.15, 0.2) is 0 Å². The summed E-state index contributed by atoms with van der Waals surface area (Å²) in [5.74, 6) is 0.967. The van der Waals surface area contributed by atoms with Crippen molar-refractivity contribution < 1.29 is 4.74 Å². The fraction of sp³-hybridized carbons (Fsp3) is 0.467. The molecule has 0 aliphatic rings. The quantitative estimate of drug-likeness (QED) is 0.728. The Morgan fingerprint density at radius 3 is 2.82 bits per heavy atom. The lowest BCUT2D eigenvalue weighted by molar-refractivity contribution is 0.210. The van der Waals surface area contributed by atoms with Gasteiger partial charge in [-0.2, -0.15) is 0 Å². The summed E-state index contributed by atoms with van der Waals surface area (Å²) in [6, 6.07) is 8.15. The molecule has 1 rings (SSSR count). The molecule has 0 aromatic heterocycles. The Labute approximate surface area is 105 Å². The molecule has 0 radical (unpaired) electrons. The summed E-state index contributed by atoms with van der Waals surface area (Å²) in [7, 11) is 0. The van der Waals surface area contributed by atoms with Crippen LogP contribution in [-0.4, -0.2) is 19.2 Å². The van der Waals surface area contributed by atoms with Crippen molar-refractivity contribution in [1.82, 2.24) is 5.32 Å². The van der Waals surface area contributed by atoms with Crippen LogP contribution in [0, 0.1) is 0 Å². The predicted octanol–water partition coefficient (Wildman–Crippen LogP) is 3.49. The van der Waals surface area contributed by atoms with Gasteiger partial charge in [0.25, 0.3) is 0 Å². The number of hydrogen-bond donors (Lipinski definition) is 1. The molecule has 1 atom stereocenters. The van der Waals surface area contributed by atoms with Crippen molar-refractivity contribution in [3.63, 3.8) is 0 Å². The highest BCUT2D eigenvalue weighted by Gasteiger charge is 2.05. The van der Waals surface area contributed by atoms with E-state index in [1.807, 2.05) is 31.2 Å². The van der Waals surface area contributed by atoms with Gasteiger partial charge in [-0.05, 0) is 39.4 Å². The number of nitrogens with one attached hydrogen (secondary N) is 1. The third-order valence-corrected chi connectivity index (χ3v) is 2.57. The van der Waals surface area contributed by atoms with Crippen molar-refractivity contribution in [1.29, 1.82) is 0 Å². The Hall–Kier alpha value is -1.28. The highest BCUT2D eigenvalue weighted by atomic mass is 16.5. The van der Waals surface area contributed by atoms with Gasteiger partial charge >= 0.3 is 0 Å². The molecule has 0 fully saturated rings. The van der Waals surface area contributed by atoms with E-state index in [0.717, 1.165) is 30.8 Å². The first-order valence-electron chi connectivity index (χ1n) is 6.37. The maximum atomic E-state index is 5.95. The Kier molecular flexibility index (Phi) is 6.41. The Bertz CT molecular complexity index is 347. The molecular weight excluding hydrogens is 210 g/mol. The van der Waals surface area contributed by atoms with E-state index >= 15 is 0 Å². The summed E-state index contributed by atoms with van der Waals surface area (Å²) in [5, 5.41) is 3.31. The van der Waals surface area contributed by atoms with E-state index in [2.05, 4.69) is 31.3 Å². The van der Waals surface area contributed by atoms with Crippen LogP contribution in [0.4, 0.5) is 0 Å². The molecule has 17 heavy (non-hydrogen) atoms. The summed E-state index contributed by atoms with van der Waals surface area (Å²) in [5.41, 5.74) is 1.14. The van der Waals surface area contributed by atoms with E-state index in [-0.39, 0.29) is 6.10 Å². The summed E-state index contributed by atoms with van der Waals surface area (Å²) in [6.07, 6.45) is 5.37. The smallest absolute Gasteiger partial charge is 0.126 e. The van der Waals surface area contributed by atoms with Gasteiger partial charge in [-0.1, -0.05) is 37.3 Å².